The van der Waals surface area contributed by atoms with Gasteiger partial charge in [0.1, 0.15) is 0 Å². The van der Waals surface area contributed by atoms with Crippen molar-refractivity contribution in [1.82, 2.24) is 20.1 Å². The Balaban J connectivity index is 1.67. The molecule has 2 heterocycles. The molecule has 0 spiro atoms. The van der Waals surface area contributed by atoms with Gasteiger partial charge in [-0.3, -0.25) is 0 Å². The van der Waals surface area contributed by atoms with Gasteiger partial charge in [-0.2, -0.15) is 4.98 Å². The van der Waals surface area contributed by atoms with Crippen molar-refractivity contribution in [3.63, 3.8) is 0 Å². The Bertz CT molecular complexity index is 719. The van der Waals surface area contributed by atoms with Crippen LogP contribution in [-0.2, 0) is 12.8 Å². The standard InChI is InChI=1S/C15H15N5O/c1-10-8-17-14(18-9-10)15-19-13(21-20-15)7-4-11-2-5-12(16)6-3-11/h2-3,5-6,8-9H,4,7,16H2,1H3. The fourth-order valence-corrected chi connectivity index (χ4v) is 1.89. The van der Waals surface area contributed by atoms with Crippen LogP contribution in [0.15, 0.2) is 41.2 Å². The molecule has 0 aliphatic heterocycles. The third kappa shape index (κ3) is 3.22. The zero-order valence-corrected chi connectivity index (χ0v) is 11.7. The van der Waals surface area contributed by atoms with E-state index in [1.807, 2.05) is 31.2 Å². The average Bonchev–Trinajstić information content (AvgIpc) is 2.96. The minimum absolute atomic E-state index is 0.419. The van der Waals surface area contributed by atoms with Crippen LogP contribution in [-0.4, -0.2) is 20.1 Å². The van der Waals surface area contributed by atoms with Crippen molar-refractivity contribution >= 4 is 5.69 Å². The second-order valence-corrected chi connectivity index (χ2v) is 4.84. The molecule has 6 nitrogen and oxygen atoms in total. The summed E-state index contributed by atoms with van der Waals surface area (Å²) >= 11 is 0. The Kier molecular flexibility index (Phi) is 3.59. The van der Waals surface area contributed by atoms with Gasteiger partial charge in [0, 0.05) is 24.5 Å². The lowest BCUT2D eigenvalue weighted by Crippen LogP contribution is -1.94. The third-order valence-electron chi connectivity index (χ3n) is 3.06. The SMILES string of the molecule is Cc1cnc(-c2noc(CCc3ccc(N)cc3)n2)nc1. The van der Waals surface area contributed by atoms with Gasteiger partial charge in [-0.15, -0.1) is 0 Å². The maximum Gasteiger partial charge on any atom is 0.240 e. The predicted octanol–water partition coefficient (Wildman–Crippen LogP) is 2.20. The third-order valence-corrected chi connectivity index (χ3v) is 3.06. The van der Waals surface area contributed by atoms with Crippen molar-refractivity contribution in [3.8, 4) is 11.6 Å². The van der Waals surface area contributed by atoms with Gasteiger partial charge in [0.15, 0.2) is 0 Å². The number of rotatable bonds is 4. The van der Waals surface area contributed by atoms with Crippen molar-refractivity contribution in [3.05, 3.63) is 53.7 Å². The molecule has 6 heteroatoms. The van der Waals surface area contributed by atoms with Crippen molar-refractivity contribution < 1.29 is 4.52 Å². The molecule has 2 N–H and O–H groups in total. The maximum atomic E-state index is 5.66. The minimum atomic E-state index is 0.419. The van der Waals surface area contributed by atoms with Crippen LogP contribution in [0, 0.1) is 6.92 Å². The first-order valence-corrected chi connectivity index (χ1v) is 6.67. The van der Waals surface area contributed by atoms with Crippen molar-refractivity contribution in [2.45, 2.75) is 19.8 Å². The second-order valence-electron chi connectivity index (χ2n) is 4.84. The number of hydrogen-bond donors (Lipinski definition) is 1. The largest absolute Gasteiger partial charge is 0.399 e. The highest BCUT2D eigenvalue weighted by Gasteiger charge is 2.10. The number of nitrogens with two attached hydrogens (primary N) is 1. The Hall–Kier alpha value is -2.76. The summed E-state index contributed by atoms with van der Waals surface area (Å²) < 4.78 is 5.23. The molecular formula is C15H15N5O. The van der Waals surface area contributed by atoms with E-state index in [0.717, 1.165) is 17.7 Å². The van der Waals surface area contributed by atoms with E-state index in [1.165, 1.54) is 5.56 Å². The molecule has 0 bridgehead atoms. The van der Waals surface area contributed by atoms with E-state index < -0.39 is 0 Å². The Morgan fingerprint density at radius 2 is 1.71 bits per heavy atom. The normalized spacial score (nSPS) is 10.7. The van der Waals surface area contributed by atoms with E-state index >= 15 is 0 Å². The summed E-state index contributed by atoms with van der Waals surface area (Å²) in [5.74, 6) is 1.47. The van der Waals surface area contributed by atoms with Gasteiger partial charge in [-0.1, -0.05) is 17.3 Å². The van der Waals surface area contributed by atoms with Gasteiger partial charge >= 0.3 is 0 Å². The summed E-state index contributed by atoms with van der Waals surface area (Å²) in [5.41, 5.74) is 8.59. The lowest BCUT2D eigenvalue weighted by molar-refractivity contribution is 0.378. The predicted molar refractivity (Wildman–Crippen MR) is 78.3 cm³/mol. The summed E-state index contributed by atoms with van der Waals surface area (Å²) in [6.07, 6.45) is 4.94. The molecule has 0 fully saturated rings. The summed E-state index contributed by atoms with van der Waals surface area (Å²) in [5, 5.41) is 3.91. The molecule has 106 valence electrons. The number of benzene rings is 1. The molecule has 0 aliphatic carbocycles. The number of hydrogen-bond acceptors (Lipinski definition) is 6. The fraction of sp³-hybridized carbons (Fsp3) is 0.200. The van der Waals surface area contributed by atoms with Gasteiger partial charge in [-0.05, 0) is 36.6 Å². The maximum absolute atomic E-state index is 5.66. The van der Waals surface area contributed by atoms with E-state index in [0.29, 0.717) is 24.0 Å². The monoisotopic (exact) mass is 281 g/mol. The first-order chi connectivity index (χ1) is 10.2. The van der Waals surface area contributed by atoms with Crippen molar-refractivity contribution in [1.29, 1.82) is 0 Å². The summed E-state index contributed by atoms with van der Waals surface area (Å²) in [7, 11) is 0. The average molecular weight is 281 g/mol. The van der Waals surface area contributed by atoms with Crippen LogP contribution >= 0.6 is 0 Å². The summed E-state index contributed by atoms with van der Waals surface area (Å²) in [6.45, 7) is 1.93. The van der Waals surface area contributed by atoms with E-state index in [2.05, 4.69) is 20.1 Å². The van der Waals surface area contributed by atoms with Crippen LogP contribution < -0.4 is 5.73 Å². The first-order valence-electron chi connectivity index (χ1n) is 6.67. The lowest BCUT2D eigenvalue weighted by Gasteiger charge is -1.98. The first kappa shape index (κ1) is 13.2. The van der Waals surface area contributed by atoms with Gasteiger partial charge in [0.2, 0.25) is 17.5 Å². The molecule has 1 aromatic carbocycles. The molecule has 0 saturated heterocycles. The fourth-order valence-electron chi connectivity index (χ4n) is 1.89. The van der Waals surface area contributed by atoms with E-state index in [1.54, 1.807) is 12.4 Å². The molecule has 3 rings (SSSR count). The quantitative estimate of drug-likeness (QED) is 0.737. The molecule has 0 amide bonds. The van der Waals surface area contributed by atoms with Crippen LogP contribution in [0.2, 0.25) is 0 Å². The number of nitrogen functional groups attached to an aromatic ring is 1. The van der Waals surface area contributed by atoms with Crippen LogP contribution in [0.3, 0.4) is 0 Å². The van der Waals surface area contributed by atoms with Gasteiger partial charge in [-0.25, -0.2) is 9.97 Å². The summed E-state index contributed by atoms with van der Waals surface area (Å²) in [4.78, 5) is 12.7. The molecule has 2 aromatic heterocycles. The lowest BCUT2D eigenvalue weighted by atomic mass is 10.1. The topological polar surface area (TPSA) is 90.7 Å². The molecule has 3 aromatic rings. The van der Waals surface area contributed by atoms with Gasteiger partial charge in [0.25, 0.3) is 0 Å². The summed E-state index contributed by atoms with van der Waals surface area (Å²) in [6, 6.07) is 7.76. The van der Waals surface area contributed by atoms with E-state index in [9.17, 15) is 0 Å². The number of aryl methyl sites for hydroxylation is 3. The molecule has 21 heavy (non-hydrogen) atoms. The zero-order chi connectivity index (χ0) is 14.7. The molecule has 0 radical (unpaired) electrons. The highest BCUT2D eigenvalue weighted by molar-refractivity contribution is 5.41. The minimum Gasteiger partial charge on any atom is -0.399 e. The molecule has 0 aliphatic rings. The van der Waals surface area contributed by atoms with Crippen LogP contribution in [0.25, 0.3) is 11.6 Å². The molecule has 0 saturated carbocycles. The Morgan fingerprint density at radius 3 is 2.43 bits per heavy atom. The van der Waals surface area contributed by atoms with Crippen LogP contribution in [0.1, 0.15) is 17.0 Å². The van der Waals surface area contributed by atoms with Crippen LogP contribution in [0.5, 0.6) is 0 Å². The Labute approximate surface area is 122 Å². The number of aromatic nitrogens is 4. The van der Waals surface area contributed by atoms with E-state index in [-0.39, 0.29) is 0 Å². The highest BCUT2D eigenvalue weighted by Crippen LogP contribution is 2.13. The van der Waals surface area contributed by atoms with E-state index in [4.69, 9.17) is 10.3 Å². The second kappa shape index (κ2) is 5.70. The van der Waals surface area contributed by atoms with Gasteiger partial charge < -0.3 is 10.3 Å². The smallest absolute Gasteiger partial charge is 0.240 e. The molecule has 0 unspecified atom stereocenters. The Morgan fingerprint density at radius 1 is 1.00 bits per heavy atom. The number of nitrogens with zero attached hydrogens (tertiary/aromatic N) is 4. The zero-order valence-electron chi connectivity index (χ0n) is 11.7. The van der Waals surface area contributed by atoms with Gasteiger partial charge in [0.05, 0.1) is 0 Å². The van der Waals surface area contributed by atoms with Crippen molar-refractivity contribution in [2.75, 3.05) is 5.73 Å². The molecular weight excluding hydrogens is 266 g/mol. The number of anilines is 1. The molecule has 0 atom stereocenters. The van der Waals surface area contributed by atoms with Crippen molar-refractivity contribution in [2.24, 2.45) is 0 Å². The highest BCUT2D eigenvalue weighted by atomic mass is 16.5. The van der Waals surface area contributed by atoms with Crippen LogP contribution in [0.4, 0.5) is 5.69 Å².